The summed E-state index contributed by atoms with van der Waals surface area (Å²) in [6, 6.07) is 16.2. The SMILES string of the molecule is Cc1nn(-c2ccccc2)c(C)c1CN(C)C(=S)Nc1ccc(OC(F)F)cc1. The second-order valence-corrected chi connectivity index (χ2v) is 6.97. The fourth-order valence-electron chi connectivity index (χ4n) is 2.97. The number of aromatic nitrogens is 2. The highest BCUT2D eigenvalue weighted by Crippen LogP contribution is 2.21. The normalized spacial score (nSPS) is 10.8. The number of nitrogens with one attached hydrogen (secondary N) is 1. The van der Waals surface area contributed by atoms with Gasteiger partial charge in [0.25, 0.3) is 0 Å². The summed E-state index contributed by atoms with van der Waals surface area (Å²) in [5, 5.41) is 8.28. The summed E-state index contributed by atoms with van der Waals surface area (Å²) in [7, 11) is 1.89. The maximum Gasteiger partial charge on any atom is 0.387 e. The van der Waals surface area contributed by atoms with Crippen molar-refractivity contribution >= 4 is 23.0 Å². The number of para-hydroxylation sites is 1. The van der Waals surface area contributed by atoms with E-state index in [2.05, 4.69) is 15.2 Å². The van der Waals surface area contributed by atoms with Crippen LogP contribution >= 0.6 is 12.2 Å². The third-order valence-electron chi connectivity index (χ3n) is 4.51. The Morgan fingerprint density at radius 2 is 1.79 bits per heavy atom. The first-order valence-electron chi connectivity index (χ1n) is 9.02. The minimum absolute atomic E-state index is 0.101. The van der Waals surface area contributed by atoms with E-state index in [4.69, 9.17) is 12.2 Å². The van der Waals surface area contributed by atoms with Crippen LogP contribution in [0.4, 0.5) is 14.5 Å². The van der Waals surface area contributed by atoms with Gasteiger partial charge in [-0.1, -0.05) is 18.2 Å². The molecule has 1 aromatic heterocycles. The maximum absolute atomic E-state index is 12.2. The summed E-state index contributed by atoms with van der Waals surface area (Å²) in [4.78, 5) is 1.91. The van der Waals surface area contributed by atoms with Gasteiger partial charge in [-0.3, -0.25) is 0 Å². The lowest BCUT2D eigenvalue weighted by Gasteiger charge is -2.21. The van der Waals surface area contributed by atoms with Gasteiger partial charge in [0, 0.05) is 30.5 Å². The van der Waals surface area contributed by atoms with Crippen molar-refractivity contribution < 1.29 is 13.5 Å². The Labute approximate surface area is 173 Å². The van der Waals surface area contributed by atoms with Crippen LogP contribution < -0.4 is 10.1 Å². The third kappa shape index (κ3) is 5.08. The molecule has 0 bridgehead atoms. The molecule has 0 aliphatic rings. The lowest BCUT2D eigenvalue weighted by atomic mass is 10.2. The minimum Gasteiger partial charge on any atom is -0.435 e. The van der Waals surface area contributed by atoms with Gasteiger partial charge in [0.2, 0.25) is 0 Å². The van der Waals surface area contributed by atoms with Crippen molar-refractivity contribution in [2.24, 2.45) is 0 Å². The van der Waals surface area contributed by atoms with Gasteiger partial charge in [0.1, 0.15) is 5.75 Å². The summed E-state index contributed by atoms with van der Waals surface area (Å²) in [5.74, 6) is 0.101. The molecule has 0 atom stereocenters. The molecule has 0 radical (unpaired) electrons. The molecule has 0 aliphatic carbocycles. The van der Waals surface area contributed by atoms with Crippen LogP contribution in [-0.2, 0) is 6.54 Å². The zero-order valence-corrected chi connectivity index (χ0v) is 17.2. The first-order chi connectivity index (χ1) is 13.8. The molecule has 29 heavy (non-hydrogen) atoms. The smallest absolute Gasteiger partial charge is 0.387 e. The maximum atomic E-state index is 12.2. The molecule has 1 N–H and O–H groups in total. The lowest BCUT2D eigenvalue weighted by molar-refractivity contribution is -0.0498. The minimum atomic E-state index is -2.84. The summed E-state index contributed by atoms with van der Waals surface area (Å²) in [6.45, 7) is 1.76. The highest BCUT2D eigenvalue weighted by molar-refractivity contribution is 7.80. The zero-order chi connectivity index (χ0) is 21.0. The molecule has 2 aromatic carbocycles. The average molecular weight is 416 g/mol. The fraction of sp³-hybridized carbons (Fsp3) is 0.238. The van der Waals surface area contributed by atoms with Crippen molar-refractivity contribution in [3.63, 3.8) is 0 Å². The first kappa shape index (κ1) is 20.7. The van der Waals surface area contributed by atoms with Crippen LogP contribution in [0, 0.1) is 13.8 Å². The second kappa shape index (κ2) is 9.00. The van der Waals surface area contributed by atoms with E-state index in [1.165, 1.54) is 12.1 Å². The molecule has 0 unspecified atom stereocenters. The van der Waals surface area contributed by atoms with Gasteiger partial charge >= 0.3 is 6.61 Å². The standard InChI is InChI=1S/C21H22F2N4OS/c1-14-19(15(2)27(25-14)17-7-5-4-6-8-17)13-26(3)21(29)24-16-9-11-18(12-10-16)28-20(22)23/h4-12,20H,13H2,1-3H3,(H,24,29). The number of thiocarbonyl (C=S) groups is 1. The van der Waals surface area contributed by atoms with Gasteiger partial charge in [-0.25, -0.2) is 4.68 Å². The Hall–Kier alpha value is -3.00. The average Bonchev–Trinajstić information content (AvgIpc) is 2.98. The van der Waals surface area contributed by atoms with Gasteiger partial charge < -0.3 is 15.0 Å². The zero-order valence-electron chi connectivity index (χ0n) is 16.4. The van der Waals surface area contributed by atoms with Crippen LogP contribution in [-0.4, -0.2) is 33.5 Å². The number of hydrogen-bond acceptors (Lipinski definition) is 3. The van der Waals surface area contributed by atoms with E-state index in [0.717, 1.165) is 22.6 Å². The number of nitrogens with zero attached hydrogens (tertiary/aromatic N) is 3. The van der Waals surface area contributed by atoms with Crippen LogP contribution in [0.25, 0.3) is 5.69 Å². The van der Waals surface area contributed by atoms with Gasteiger partial charge in [-0.2, -0.15) is 13.9 Å². The van der Waals surface area contributed by atoms with Gasteiger partial charge in [-0.15, -0.1) is 0 Å². The molecule has 0 saturated carbocycles. The van der Waals surface area contributed by atoms with Crippen molar-refractivity contribution in [1.29, 1.82) is 0 Å². The molecule has 0 saturated heterocycles. The number of alkyl halides is 2. The Morgan fingerprint density at radius 3 is 2.41 bits per heavy atom. The van der Waals surface area contributed by atoms with Crippen molar-refractivity contribution in [1.82, 2.24) is 14.7 Å². The number of aryl methyl sites for hydroxylation is 1. The van der Waals surface area contributed by atoms with E-state index in [-0.39, 0.29) is 5.75 Å². The monoisotopic (exact) mass is 416 g/mol. The summed E-state index contributed by atoms with van der Waals surface area (Å²) < 4.78 is 30.8. The highest BCUT2D eigenvalue weighted by atomic mass is 32.1. The van der Waals surface area contributed by atoms with Crippen LogP contribution in [0.15, 0.2) is 54.6 Å². The number of ether oxygens (including phenoxy) is 1. The van der Waals surface area contributed by atoms with Gasteiger partial charge in [-0.05, 0) is 62.5 Å². The summed E-state index contributed by atoms with van der Waals surface area (Å²) in [6.07, 6.45) is 0. The molecule has 0 aliphatic heterocycles. The van der Waals surface area contributed by atoms with Gasteiger partial charge in [0.15, 0.2) is 5.11 Å². The van der Waals surface area contributed by atoms with Crippen molar-refractivity contribution in [3.05, 3.63) is 71.5 Å². The number of hydrogen-bond donors (Lipinski definition) is 1. The van der Waals surface area contributed by atoms with Crippen LogP contribution in [0.5, 0.6) is 5.75 Å². The van der Waals surface area contributed by atoms with E-state index in [9.17, 15) is 8.78 Å². The lowest BCUT2D eigenvalue weighted by Crippen LogP contribution is -2.31. The second-order valence-electron chi connectivity index (χ2n) is 6.59. The molecule has 8 heteroatoms. The number of anilines is 1. The third-order valence-corrected chi connectivity index (χ3v) is 4.93. The molecule has 3 aromatic rings. The first-order valence-corrected chi connectivity index (χ1v) is 9.43. The highest BCUT2D eigenvalue weighted by Gasteiger charge is 2.16. The predicted octanol–water partition coefficient (Wildman–Crippen LogP) is 4.92. The van der Waals surface area contributed by atoms with Crippen molar-refractivity contribution in [3.8, 4) is 11.4 Å². The van der Waals surface area contributed by atoms with Crippen molar-refractivity contribution in [2.45, 2.75) is 27.0 Å². The molecule has 1 heterocycles. The van der Waals surface area contributed by atoms with Crippen LogP contribution in [0.3, 0.4) is 0 Å². The summed E-state index contributed by atoms with van der Waals surface area (Å²) in [5.41, 5.74) is 4.79. The predicted molar refractivity (Wildman–Crippen MR) is 114 cm³/mol. The number of benzene rings is 2. The van der Waals surface area contributed by atoms with E-state index in [1.807, 2.05) is 60.8 Å². The van der Waals surface area contributed by atoms with Crippen LogP contribution in [0.1, 0.15) is 17.0 Å². The molecule has 0 fully saturated rings. The number of rotatable bonds is 6. The molecule has 152 valence electrons. The molecule has 0 spiro atoms. The fourth-order valence-corrected chi connectivity index (χ4v) is 3.15. The van der Waals surface area contributed by atoms with E-state index >= 15 is 0 Å². The van der Waals surface area contributed by atoms with Crippen molar-refractivity contribution in [2.75, 3.05) is 12.4 Å². The van der Waals surface area contributed by atoms with E-state index in [0.29, 0.717) is 17.3 Å². The molecule has 5 nitrogen and oxygen atoms in total. The van der Waals surface area contributed by atoms with Gasteiger partial charge in [0.05, 0.1) is 11.4 Å². The topological polar surface area (TPSA) is 42.3 Å². The molecule has 3 rings (SSSR count). The van der Waals surface area contributed by atoms with E-state index in [1.54, 1.807) is 12.1 Å². The summed E-state index contributed by atoms with van der Waals surface area (Å²) >= 11 is 5.48. The Balaban J connectivity index is 1.68. The Morgan fingerprint density at radius 1 is 1.14 bits per heavy atom. The van der Waals surface area contributed by atoms with E-state index < -0.39 is 6.61 Å². The molecular formula is C21H22F2N4OS. The molecular weight excluding hydrogens is 394 g/mol. The quantitative estimate of drug-likeness (QED) is 0.578. The number of halogens is 2. The Kier molecular flexibility index (Phi) is 6.43. The molecule has 0 amide bonds. The Bertz CT molecular complexity index is 974. The van der Waals surface area contributed by atoms with Crippen LogP contribution in [0.2, 0.25) is 0 Å². The largest absolute Gasteiger partial charge is 0.435 e.